The van der Waals surface area contributed by atoms with E-state index < -0.39 is 16.6 Å². The van der Waals surface area contributed by atoms with E-state index in [0.717, 1.165) is 25.7 Å². The zero-order valence-corrected chi connectivity index (χ0v) is 24.2. The highest BCUT2D eigenvalue weighted by atomic mass is 28.4. The van der Waals surface area contributed by atoms with Crippen molar-refractivity contribution < 1.29 is 18.4 Å². The lowest BCUT2D eigenvalue weighted by Gasteiger charge is -2.36. The van der Waals surface area contributed by atoms with E-state index in [-0.39, 0.29) is 18.2 Å². The van der Waals surface area contributed by atoms with Crippen LogP contribution >= 0.6 is 0 Å². The maximum atomic E-state index is 11.2. The zero-order chi connectivity index (χ0) is 23.8. The molecule has 2 atom stereocenters. The highest BCUT2D eigenvalue weighted by molar-refractivity contribution is 6.70. The fourth-order valence-corrected chi connectivity index (χ4v) is 6.28. The summed E-state index contributed by atoms with van der Waals surface area (Å²) in [5, 5.41) is 0. The Morgan fingerprint density at radius 2 is 1.03 bits per heavy atom. The van der Waals surface area contributed by atoms with Gasteiger partial charge in [-0.15, -0.1) is 0 Å². The van der Waals surface area contributed by atoms with E-state index in [9.17, 15) is 4.79 Å². The largest absolute Gasteiger partial charge is 0.469 e. The fourth-order valence-electron chi connectivity index (χ4n) is 3.92. The average molecular weight is 475 g/mol. The normalized spacial score (nSPS) is 14.5. The van der Waals surface area contributed by atoms with Gasteiger partial charge in [0.15, 0.2) is 16.6 Å². The van der Waals surface area contributed by atoms with Gasteiger partial charge in [0.1, 0.15) is 0 Å². The summed E-state index contributed by atoms with van der Waals surface area (Å²) in [4.78, 5) is 11.2. The molecule has 0 aliphatic carbocycles. The van der Waals surface area contributed by atoms with Gasteiger partial charge in [-0.2, -0.15) is 0 Å². The number of hydrogen-bond acceptors (Lipinski definition) is 4. The summed E-state index contributed by atoms with van der Waals surface area (Å²) < 4.78 is 18.1. The van der Waals surface area contributed by atoms with Crippen LogP contribution in [0.1, 0.15) is 96.8 Å². The predicted octanol–water partition coefficient (Wildman–Crippen LogP) is 8.08. The van der Waals surface area contributed by atoms with Crippen LogP contribution in [0, 0.1) is 0 Å². The fraction of sp³-hybridized carbons (Fsp3) is 0.960. The van der Waals surface area contributed by atoms with Crippen LogP contribution < -0.4 is 0 Å². The first-order valence-corrected chi connectivity index (χ1v) is 19.7. The number of methoxy groups -OCH3 is 1. The van der Waals surface area contributed by atoms with Gasteiger partial charge in [-0.05, 0) is 58.5 Å². The van der Waals surface area contributed by atoms with Gasteiger partial charge in [-0.1, -0.05) is 71.1 Å². The topological polar surface area (TPSA) is 44.8 Å². The van der Waals surface area contributed by atoms with Crippen LogP contribution in [0.25, 0.3) is 0 Å². The van der Waals surface area contributed by atoms with Gasteiger partial charge in [0.2, 0.25) is 0 Å². The number of ether oxygens (including phenoxy) is 1. The van der Waals surface area contributed by atoms with Gasteiger partial charge in [-0.25, -0.2) is 0 Å². The van der Waals surface area contributed by atoms with Crippen molar-refractivity contribution in [2.24, 2.45) is 0 Å². The van der Waals surface area contributed by atoms with Crippen molar-refractivity contribution in [2.45, 2.75) is 148 Å². The molecule has 0 saturated heterocycles. The number of unbranched alkanes of at least 4 members (excludes halogenated alkanes) is 9. The van der Waals surface area contributed by atoms with Crippen LogP contribution in [-0.2, 0) is 18.4 Å². The van der Waals surface area contributed by atoms with E-state index in [0.29, 0.717) is 6.42 Å². The van der Waals surface area contributed by atoms with Crippen LogP contribution in [-0.4, -0.2) is 41.9 Å². The Hall–Kier alpha value is -0.176. The van der Waals surface area contributed by atoms with Gasteiger partial charge in [0.05, 0.1) is 19.3 Å². The molecule has 0 heterocycles. The SMILES string of the molecule is CCCCCCCCC(O[Si](C)(C)C)C(CCCCCCCC(=O)OC)O[Si](C)(C)C. The third kappa shape index (κ3) is 20.2. The smallest absolute Gasteiger partial charge is 0.305 e. The highest BCUT2D eigenvalue weighted by Crippen LogP contribution is 2.25. The molecule has 0 aromatic heterocycles. The molecule has 0 aromatic rings. The van der Waals surface area contributed by atoms with Gasteiger partial charge < -0.3 is 13.6 Å². The lowest BCUT2D eigenvalue weighted by atomic mass is 9.99. The van der Waals surface area contributed by atoms with Gasteiger partial charge in [0.25, 0.3) is 0 Å². The second kappa shape index (κ2) is 17.3. The molecule has 0 fully saturated rings. The van der Waals surface area contributed by atoms with Crippen molar-refractivity contribution in [2.75, 3.05) is 7.11 Å². The molecule has 0 saturated carbocycles. The molecule has 6 heteroatoms. The van der Waals surface area contributed by atoms with Crippen LogP contribution in [0.5, 0.6) is 0 Å². The van der Waals surface area contributed by atoms with E-state index in [1.807, 2.05) is 0 Å². The molecule has 0 aliphatic heterocycles. The number of carbonyl (C=O) groups is 1. The second-order valence-electron chi connectivity index (χ2n) is 11.0. The Labute approximate surface area is 196 Å². The van der Waals surface area contributed by atoms with Crippen molar-refractivity contribution in [3.63, 3.8) is 0 Å². The highest BCUT2D eigenvalue weighted by Gasteiger charge is 2.31. The summed E-state index contributed by atoms with van der Waals surface area (Å²) in [5.41, 5.74) is 0. The minimum Gasteiger partial charge on any atom is -0.469 e. The minimum absolute atomic E-state index is 0.0929. The summed E-state index contributed by atoms with van der Waals surface area (Å²) in [7, 11) is -1.80. The molecule has 0 aromatic carbocycles. The lowest BCUT2D eigenvalue weighted by molar-refractivity contribution is -0.140. The van der Waals surface area contributed by atoms with Crippen LogP contribution in [0.3, 0.4) is 0 Å². The molecule has 0 bridgehead atoms. The van der Waals surface area contributed by atoms with E-state index in [1.165, 1.54) is 64.9 Å². The van der Waals surface area contributed by atoms with Crippen LogP contribution in [0.4, 0.5) is 0 Å². The first kappa shape index (κ1) is 30.8. The average Bonchev–Trinajstić information content (AvgIpc) is 2.66. The van der Waals surface area contributed by atoms with E-state index in [2.05, 4.69) is 46.2 Å². The van der Waals surface area contributed by atoms with Crippen molar-refractivity contribution in [3.05, 3.63) is 0 Å². The molecular weight excluding hydrogens is 420 g/mol. The number of esters is 1. The third-order valence-electron chi connectivity index (χ3n) is 5.36. The maximum absolute atomic E-state index is 11.2. The number of hydrogen-bond donors (Lipinski definition) is 0. The first-order chi connectivity index (χ1) is 14.5. The van der Waals surface area contributed by atoms with E-state index in [4.69, 9.17) is 13.6 Å². The summed E-state index contributed by atoms with van der Waals surface area (Å²) in [6.45, 7) is 16.1. The summed E-state index contributed by atoms with van der Waals surface area (Å²) >= 11 is 0. The molecule has 0 radical (unpaired) electrons. The molecule has 31 heavy (non-hydrogen) atoms. The van der Waals surface area contributed by atoms with Crippen LogP contribution in [0.15, 0.2) is 0 Å². The Balaban J connectivity index is 4.67. The Bertz CT molecular complexity index is 444. The molecule has 0 aliphatic rings. The summed E-state index contributed by atoms with van der Waals surface area (Å²) in [5.74, 6) is -0.0929. The zero-order valence-electron chi connectivity index (χ0n) is 22.2. The second-order valence-corrected chi connectivity index (χ2v) is 19.9. The lowest BCUT2D eigenvalue weighted by Crippen LogP contribution is -2.44. The monoisotopic (exact) mass is 474 g/mol. The Morgan fingerprint density at radius 1 is 0.645 bits per heavy atom. The third-order valence-corrected chi connectivity index (χ3v) is 7.38. The predicted molar refractivity (Wildman–Crippen MR) is 139 cm³/mol. The van der Waals surface area contributed by atoms with Crippen molar-refractivity contribution in [1.82, 2.24) is 0 Å². The molecule has 186 valence electrons. The Kier molecular flexibility index (Phi) is 17.2. The van der Waals surface area contributed by atoms with Gasteiger partial charge in [0, 0.05) is 6.42 Å². The van der Waals surface area contributed by atoms with Crippen molar-refractivity contribution in [1.29, 1.82) is 0 Å². The number of rotatable bonds is 20. The molecule has 0 rings (SSSR count). The van der Waals surface area contributed by atoms with E-state index >= 15 is 0 Å². The Morgan fingerprint density at radius 3 is 1.42 bits per heavy atom. The number of carbonyl (C=O) groups excluding carboxylic acids is 1. The quantitative estimate of drug-likeness (QED) is 0.102. The van der Waals surface area contributed by atoms with E-state index in [1.54, 1.807) is 0 Å². The summed E-state index contributed by atoms with van der Waals surface area (Å²) in [6, 6.07) is 0. The molecule has 0 N–H and O–H groups in total. The molecular formula is C25H54O4Si2. The summed E-state index contributed by atoms with van der Waals surface area (Å²) in [6.07, 6.45) is 16.7. The van der Waals surface area contributed by atoms with Gasteiger partial charge in [-0.3, -0.25) is 4.79 Å². The molecule has 2 unspecified atom stereocenters. The van der Waals surface area contributed by atoms with Crippen LogP contribution in [0.2, 0.25) is 39.3 Å². The first-order valence-electron chi connectivity index (χ1n) is 12.9. The van der Waals surface area contributed by atoms with Gasteiger partial charge >= 0.3 is 5.97 Å². The van der Waals surface area contributed by atoms with Crippen molar-refractivity contribution in [3.8, 4) is 0 Å². The standard InChI is InChI=1S/C25H54O4Si2/c1-9-10-11-12-14-17-20-23(28-30(3,4)5)24(29-31(6,7)8)21-18-15-13-16-19-22-25(26)27-2/h23-24H,9-22H2,1-8H3. The maximum Gasteiger partial charge on any atom is 0.305 e. The molecule has 0 spiro atoms. The molecule has 0 amide bonds. The van der Waals surface area contributed by atoms with Crippen molar-refractivity contribution >= 4 is 22.6 Å². The minimum atomic E-state index is -1.64. The molecule has 4 nitrogen and oxygen atoms in total.